The van der Waals surface area contributed by atoms with Crippen molar-refractivity contribution < 1.29 is 18.9 Å². The molecule has 1 unspecified atom stereocenters. The Hall–Kier alpha value is -1.00. The van der Waals surface area contributed by atoms with Crippen molar-refractivity contribution in [2.24, 2.45) is 4.99 Å². The second kappa shape index (κ2) is 3.50. The summed E-state index contributed by atoms with van der Waals surface area (Å²) in [4.78, 5) is 22.1. The molecule has 0 fully saturated rings. The fraction of sp³-hybridized carbons (Fsp3) is 0.300. The molecule has 16 heavy (non-hydrogen) atoms. The Morgan fingerprint density at radius 3 is 2.62 bits per heavy atom. The van der Waals surface area contributed by atoms with Crippen LogP contribution in [0.25, 0.3) is 0 Å². The summed E-state index contributed by atoms with van der Waals surface area (Å²) >= 11 is 0. The van der Waals surface area contributed by atoms with Crippen LogP contribution in [-0.4, -0.2) is 15.5 Å². The first-order chi connectivity index (χ1) is 7.33. The summed E-state index contributed by atoms with van der Waals surface area (Å²) in [5, 5.41) is 0. The van der Waals surface area contributed by atoms with Crippen molar-refractivity contribution in [3.8, 4) is 0 Å². The second-order valence-electron chi connectivity index (χ2n) is 3.83. The highest BCUT2D eigenvalue weighted by Crippen LogP contribution is 2.50. The van der Waals surface area contributed by atoms with Crippen LogP contribution in [0.15, 0.2) is 29.3 Å². The van der Waals surface area contributed by atoms with E-state index < -0.39 is 13.4 Å². The molecule has 86 valence electrons. The SMILES string of the molecule is CC1=Nc2ccccc2C1(C)OP(=O)(O)O. The number of aliphatic imine (C=N–C) groups is 1. The van der Waals surface area contributed by atoms with Gasteiger partial charge < -0.3 is 9.79 Å². The van der Waals surface area contributed by atoms with Crippen molar-refractivity contribution in [1.29, 1.82) is 0 Å². The summed E-state index contributed by atoms with van der Waals surface area (Å²) in [6, 6.07) is 7.14. The number of phosphoric acid groups is 1. The average Bonchev–Trinajstić information content (AvgIpc) is 2.37. The van der Waals surface area contributed by atoms with Gasteiger partial charge in [0.15, 0.2) is 0 Å². The van der Waals surface area contributed by atoms with E-state index in [-0.39, 0.29) is 0 Å². The van der Waals surface area contributed by atoms with Gasteiger partial charge in [-0.2, -0.15) is 0 Å². The Kier molecular flexibility index (Phi) is 2.51. The number of phosphoric ester groups is 1. The van der Waals surface area contributed by atoms with Gasteiger partial charge in [-0.05, 0) is 19.9 Å². The van der Waals surface area contributed by atoms with Crippen molar-refractivity contribution in [2.45, 2.75) is 19.4 Å². The van der Waals surface area contributed by atoms with E-state index >= 15 is 0 Å². The van der Waals surface area contributed by atoms with E-state index in [9.17, 15) is 4.57 Å². The zero-order valence-electron chi connectivity index (χ0n) is 8.91. The molecular formula is C10H12NO4P. The van der Waals surface area contributed by atoms with Crippen molar-refractivity contribution in [1.82, 2.24) is 0 Å². The van der Waals surface area contributed by atoms with Crippen LogP contribution in [0.1, 0.15) is 19.4 Å². The standard InChI is InChI=1S/C10H12NO4P/c1-7-10(2,15-16(12,13)14)8-5-3-4-6-9(8)11-7/h3-6H,1-2H3,(H2,12,13,14). The number of rotatable bonds is 2. The third-order valence-electron chi connectivity index (χ3n) is 2.70. The highest BCUT2D eigenvalue weighted by atomic mass is 31.2. The van der Waals surface area contributed by atoms with Gasteiger partial charge in [-0.15, -0.1) is 0 Å². The number of hydrogen-bond acceptors (Lipinski definition) is 3. The van der Waals surface area contributed by atoms with E-state index in [0.717, 1.165) is 0 Å². The minimum atomic E-state index is -4.55. The predicted molar refractivity (Wildman–Crippen MR) is 59.7 cm³/mol. The molecule has 0 spiro atoms. The van der Waals surface area contributed by atoms with Gasteiger partial charge in [0.1, 0.15) is 5.60 Å². The minimum Gasteiger partial charge on any atom is -0.303 e. The van der Waals surface area contributed by atoms with Crippen molar-refractivity contribution >= 4 is 19.2 Å². The Balaban J connectivity index is 2.50. The number of para-hydroxylation sites is 1. The van der Waals surface area contributed by atoms with Crippen LogP contribution < -0.4 is 0 Å². The van der Waals surface area contributed by atoms with Crippen LogP contribution in [0.5, 0.6) is 0 Å². The maximum absolute atomic E-state index is 11.0. The summed E-state index contributed by atoms with van der Waals surface area (Å²) < 4.78 is 15.8. The monoisotopic (exact) mass is 241 g/mol. The fourth-order valence-electron chi connectivity index (χ4n) is 1.81. The maximum atomic E-state index is 11.0. The average molecular weight is 241 g/mol. The number of fused-ring (bicyclic) bond motifs is 1. The third-order valence-corrected chi connectivity index (χ3v) is 3.30. The van der Waals surface area contributed by atoms with E-state index in [1.165, 1.54) is 0 Å². The molecule has 1 aliphatic rings. The topological polar surface area (TPSA) is 79.1 Å². The summed E-state index contributed by atoms with van der Waals surface area (Å²) in [7, 11) is -4.55. The predicted octanol–water partition coefficient (Wildman–Crippen LogP) is 2.12. The van der Waals surface area contributed by atoms with E-state index in [2.05, 4.69) is 4.99 Å². The Morgan fingerprint density at radius 1 is 1.38 bits per heavy atom. The quantitative estimate of drug-likeness (QED) is 0.777. The molecule has 0 radical (unpaired) electrons. The van der Waals surface area contributed by atoms with Crippen molar-refractivity contribution in [2.75, 3.05) is 0 Å². The Morgan fingerprint density at radius 2 is 2.00 bits per heavy atom. The molecule has 0 aliphatic carbocycles. The normalized spacial score (nSPS) is 24.1. The van der Waals surface area contributed by atoms with Crippen molar-refractivity contribution in [3.63, 3.8) is 0 Å². The zero-order valence-corrected chi connectivity index (χ0v) is 9.81. The van der Waals surface area contributed by atoms with Gasteiger partial charge >= 0.3 is 7.82 Å². The highest BCUT2D eigenvalue weighted by molar-refractivity contribution is 7.46. The van der Waals surface area contributed by atoms with Crippen LogP contribution in [-0.2, 0) is 14.7 Å². The molecular weight excluding hydrogens is 229 g/mol. The first-order valence-corrected chi connectivity index (χ1v) is 6.27. The molecule has 0 saturated carbocycles. The lowest BCUT2D eigenvalue weighted by molar-refractivity contribution is 0.105. The largest absolute Gasteiger partial charge is 0.470 e. The van der Waals surface area contributed by atoms with E-state index in [4.69, 9.17) is 14.3 Å². The van der Waals surface area contributed by atoms with Crippen LogP contribution in [0.3, 0.4) is 0 Å². The smallest absolute Gasteiger partial charge is 0.303 e. The summed E-state index contributed by atoms with van der Waals surface area (Å²) in [6.07, 6.45) is 0. The lowest BCUT2D eigenvalue weighted by Gasteiger charge is -2.26. The van der Waals surface area contributed by atoms with Gasteiger partial charge in [0.2, 0.25) is 0 Å². The summed E-state index contributed by atoms with van der Waals surface area (Å²) in [6.45, 7) is 3.30. The molecule has 6 heteroatoms. The Bertz CT molecular complexity index is 507. The van der Waals surface area contributed by atoms with Gasteiger partial charge in [-0.3, -0.25) is 9.52 Å². The van der Waals surface area contributed by atoms with Crippen LogP contribution in [0.2, 0.25) is 0 Å². The molecule has 1 atom stereocenters. The van der Waals surface area contributed by atoms with Crippen LogP contribution in [0, 0.1) is 0 Å². The third kappa shape index (κ3) is 1.83. The molecule has 0 aromatic heterocycles. The lowest BCUT2D eigenvalue weighted by Crippen LogP contribution is -2.29. The van der Waals surface area contributed by atoms with E-state index in [0.29, 0.717) is 17.0 Å². The molecule has 2 N–H and O–H groups in total. The van der Waals surface area contributed by atoms with E-state index in [1.54, 1.807) is 32.0 Å². The Labute approximate surface area is 93.0 Å². The first kappa shape index (κ1) is 11.5. The maximum Gasteiger partial charge on any atom is 0.470 e. The molecule has 1 aliphatic heterocycles. The highest BCUT2D eigenvalue weighted by Gasteiger charge is 2.42. The summed E-state index contributed by atoms with van der Waals surface area (Å²) in [5.41, 5.74) is 0.763. The molecule has 5 nitrogen and oxygen atoms in total. The fourth-order valence-corrected chi connectivity index (χ4v) is 2.52. The number of benzene rings is 1. The van der Waals surface area contributed by atoms with Gasteiger partial charge in [-0.25, -0.2) is 4.57 Å². The minimum absolute atomic E-state index is 0.539. The lowest BCUT2D eigenvalue weighted by atomic mass is 9.94. The van der Waals surface area contributed by atoms with Gasteiger partial charge in [-0.1, -0.05) is 18.2 Å². The van der Waals surface area contributed by atoms with Crippen LogP contribution in [0.4, 0.5) is 5.69 Å². The molecule has 1 aromatic rings. The van der Waals surface area contributed by atoms with Gasteiger partial charge in [0.05, 0.1) is 11.4 Å². The van der Waals surface area contributed by atoms with E-state index in [1.807, 2.05) is 6.07 Å². The molecule has 1 aromatic carbocycles. The number of hydrogen-bond donors (Lipinski definition) is 2. The molecule has 0 amide bonds. The summed E-state index contributed by atoms with van der Waals surface area (Å²) in [5.74, 6) is 0. The van der Waals surface area contributed by atoms with Crippen molar-refractivity contribution in [3.05, 3.63) is 29.8 Å². The molecule has 1 heterocycles. The van der Waals surface area contributed by atoms with Gasteiger partial charge in [0.25, 0.3) is 0 Å². The second-order valence-corrected chi connectivity index (χ2v) is 4.99. The first-order valence-electron chi connectivity index (χ1n) is 4.74. The molecule has 0 bridgehead atoms. The van der Waals surface area contributed by atoms with Gasteiger partial charge in [0, 0.05) is 5.56 Å². The molecule has 2 rings (SSSR count). The molecule has 0 saturated heterocycles. The number of nitrogens with zero attached hydrogens (tertiary/aromatic N) is 1. The van der Waals surface area contributed by atoms with Crippen LogP contribution >= 0.6 is 7.82 Å². The zero-order chi connectivity index (χ0) is 12.0.